The molecule has 0 saturated carbocycles. The molecule has 0 aliphatic rings. The number of benzene rings is 1. The molecule has 0 radical (unpaired) electrons. The quantitative estimate of drug-likeness (QED) is 0.462. The number of ether oxygens (including phenoxy) is 2. The monoisotopic (exact) mass is 442 g/mol. The zero-order valence-electron chi connectivity index (χ0n) is 16.8. The molecule has 1 aromatic carbocycles. The minimum absolute atomic E-state index is 0.0550. The normalized spacial score (nSPS) is 11.1. The smallest absolute Gasteiger partial charge is 0.256 e. The minimum Gasteiger partial charge on any atom is -0.485 e. The first-order valence-electron chi connectivity index (χ1n) is 9.36. The summed E-state index contributed by atoms with van der Waals surface area (Å²) in [6.45, 7) is 0.706. The van der Waals surface area contributed by atoms with E-state index in [-0.39, 0.29) is 29.4 Å². The maximum Gasteiger partial charge on any atom is 0.256 e. The second-order valence-electron chi connectivity index (χ2n) is 6.36. The molecular formula is C21H22N4O5S. The highest BCUT2D eigenvalue weighted by Gasteiger charge is 2.16. The summed E-state index contributed by atoms with van der Waals surface area (Å²) in [5.74, 6) is 0.234. The number of amides is 1. The third-order valence-electron chi connectivity index (χ3n) is 4.17. The molecule has 10 heteroatoms. The van der Waals surface area contributed by atoms with Gasteiger partial charge in [0, 0.05) is 37.8 Å². The average molecular weight is 442 g/mol. The predicted molar refractivity (Wildman–Crippen MR) is 114 cm³/mol. The maximum atomic E-state index is 12.6. The number of nitrogens with zero attached hydrogens (tertiary/aromatic N) is 2. The van der Waals surface area contributed by atoms with Crippen molar-refractivity contribution in [3.63, 3.8) is 0 Å². The highest BCUT2D eigenvalue weighted by Crippen LogP contribution is 2.23. The number of pyridine rings is 2. The van der Waals surface area contributed by atoms with Gasteiger partial charge in [0.2, 0.25) is 10.0 Å². The molecule has 0 saturated heterocycles. The van der Waals surface area contributed by atoms with Crippen LogP contribution in [0.25, 0.3) is 0 Å². The number of methoxy groups -OCH3 is 1. The molecule has 0 bridgehead atoms. The van der Waals surface area contributed by atoms with Crippen LogP contribution in [0.4, 0.5) is 5.82 Å². The van der Waals surface area contributed by atoms with Crippen LogP contribution in [0.5, 0.6) is 5.75 Å². The Labute approximate surface area is 180 Å². The van der Waals surface area contributed by atoms with Crippen molar-refractivity contribution in [3.05, 3.63) is 78.2 Å². The molecule has 2 N–H and O–H groups in total. The van der Waals surface area contributed by atoms with Gasteiger partial charge in [-0.3, -0.25) is 9.78 Å². The van der Waals surface area contributed by atoms with Crippen molar-refractivity contribution in [2.75, 3.05) is 25.6 Å². The Morgan fingerprint density at radius 2 is 1.77 bits per heavy atom. The lowest BCUT2D eigenvalue weighted by Crippen LogP contribution is -2.27. The summed E-state index contributed by atoms with van der Waals surface area (Å²) in [5, 5.41) is 2.69. The largest absolute Gasteiger partial charge is 0.485 e. The summed E-state index contributed by atoms with van der Waals surface area (Å²) >= 11 is 0. The lowest BCUT2D eigenvalue weighted by atomic mass is 10.2. The van der Waals surface area contributed by atoms with Crippen LogP contribution in [0.2, 0.25) is 0 Å². The van der Waals surface area contributed by atoms with Crippen molar-refractivity contribution in [1.82, 2.24) is 14.7 Å². The summed E-state index contributed by atoms with van der Waals surface area (Å²) in [6, 6.07) is 12.6. The Bertz CT molecular complexity index is 1110. The zero-order chi connectivity index (χ0) is 22.1. The fourth-order valence-electron chi connectivity index (χ4n) is 2.57. The van der Waals surface area contributed by atoms with Crippen LogP contribution in [-0.2, 0) is 21.4 Å². The van der Waals surface area contributed by atoms with E-state index in [1.807, 2.05) is 12.1 Å². The molecule has 2 aromatic heterocycles. The molecule has 3 aromatic rings. The molecule has 2 heterocycles. The lowest BCUT2D eigenvalue weighted by Gasteiger charge is -2.12. The molecule has 0 atom stereocenters. The van der Waals surface area contributed by atoms with Gasteiger partial charge < -0.3 is 14.8 Å². The van der Waals surface area contributed by atoms with Gasteiger partial charge in [0.25, 0.3) is 5.91 Å². The number of nitrogens with one attached hydrogen (secondary N) is 2. The molecule has 0 aliphatic carbocycles. The molecule has 162 valence electrons. The number of anilines is 1. The minimum atomic E-state index is -3.67. The van der Waals surface area contributed by atoms with E-state index in [2.05, 4.69) is 20.0 Å². The Morgan fingerprint density at radius 3 is 2.48 bits per heavy atom. The van der Waals surface area contributed by atoms with Gasteiger partial charge in [-0.1, -0.05) is 0 Å². The summed E-state index contributed by atoms with van der Waals surface area (Å²) in [7, 11) is -2.19. The third-order valence-corrected chi connectivity index (χ3v) is 5.65. The molecule has 0 spiro atoms. The van der Waals surface area contributed by atoms with Gasteiger partial charge in [0.05, 0.1) is 11.5 Å². The van der Waals surface area contributed by atoms with Gasteiger partial charge in [-0.2, -0.15) is 0 Å². The molecule has 0 unspecified atom stereocenters. The molecule has 9 nitrogen and oxygen atoms in total. The molecule has 3 rings (SSSR count). The Balaban J connectivity index is 1.66. The van der Waals surface area contributed by atoms with E-state index in [0.717, 1.165) is 5.56 Å². The second kappa shape index (κ2) is 10.6. The molecule has 0 fully saturated rings. The molecule has 1 amide bonds. The van der Waals surface area contributed by atoms with Gasteiger partial charge >= 0.3 is 0 Å². The Morgan fingerprint density at radius 1 is 1.03 bits per heavy atom. The number of hydrogen-bond acceptors (Lipinski definition) is 7. The van der Waals surface area contributed by atoms with Gasteiger partial charge in [-0.15, -0.1) is 0 Å². The fraction of sp³-hybridized carbons (Fsp3) is 0.190. The number of rotatable bonds is 10. The molecule has 31 heavy (non-hydrogen) atoms. The molecular weight excluding hydrogens is 420 g/mol. The van der Waals surface area contributed by atoms with Crippen LogP contribution in [0.3, 0.4) is 0 Å². The summed E-state index contributed by atoms with van der Waals surface area (Å²) < 4.78 is 37.4. The fourth-order valence-corrected chi connectivity index (χ4v) is 3.58. The topological polar surface area (TPSA) is 120 Å². The number of aromatic nitrogens is 2. The van der Waals surface area contributed by atoms with Crippen LogP contribution in [0.15, 0.2) is 72.0 Å². The van der Waals surface area contributed by atoms with Crippen molar-refractivity contribution in [3.8, 4) is 5.75 Å². The maximum absolute atomic E-state index is 12.6. The van der Waals surface area contributed by atoms with E-state index in [1.54, 1.807) is 24.5 Å². The summed E-state index contributed by atoms with van der Waals surface area (Å²) in [4.78, 5) is 20.8. The first-order chi connectivity index (χ1) is 15.0. The van der Waals surface area contributed by atoms with Crippen LogP contribution in [-0.4, -0.2) is 44.6 Å². The van der Waals surface area contributed by atoms with Crippen molar-refractivity contribution >= 4 is 21.7 Å². The zero-order valence-corrected chi connectivity index (χ0v) is 17.6. The SMILES string of the molecule is COCCNS(=O)(=O)c1ccc(C(=O)Nc2ncccc2OCc2ccncc2)cc1. The second-order valence-corrected chi connectivity index (χ2v) is 8.13. The van der Waals surface area contributed by atoms with E-state index in [4.69, 9.17) is 9.47 Å². The lowest BCUT2D eigenvalue weighted by molar-refractivity contribution is 0.102. The van der Waals surface area contributed by atoms with Crippen LogP contribution in [0.1, 0.15) is 15.9 Å². The van der Waals surface area contributed by atoms with Gasteiger partial charge in [0.1, 0.15) is 6.61 Å². The average Bonchev–Trinajstić information content (AvgIpc) is 2.79. The standard InChI is InChI=1S/C21H22N4O5S/c1-29-14-13-24-31(27,28)18-6-4-17(5-7-18)21(26)25-20-19(3-2-10-23-20)30-15-16-8-11-22-12-9-16/h2-12,24H,13-15H2,1H3,(H,23,25,26). The first-order valence-corrected chi connectivity index (χ1v) is 10.8. The van der Waals surface area contributed by atoms with Crippen molar-refractivity contribution in [2.24, 2.45) is 0 Å². The highest BCUT2D eigenvalue weighted by atomic mass is 32.2. The van der Waals surface area contributed by atoms with E-state index in [0.29, 0.717) is 12.4 Å². The van der Waals surface area contributed by atoms with Crippen molar-refractivity contribution in [1.29, 1.82) is 0 Å². The molecule has 0 aliphatic heterocycles. The number of carbonyl (C=O) groups excluding carboxylic acids is 1. The van der Waals surface area contributed by atoms with Gasteiger partial charge in [-0.05, 0) is 54.1 Å². The van der Waals surface area contributed by atoms with E-state index < -0.39 is 15.9 Å². The third kappa shape index (κ3) is 6.32. The number of sulfonamides is 1. The highest BCUT2D eigenvalue weighted by molar-refractivity contribution is 7.89. The first kappa shape index (κ1) is 22.3. The van der Waals surface area contributed by atoms with E-state index in [1.165, 1.54) is 37.6 Å². The Hall–Kier alpha value is -3.34. The summed E-state index contributed by atoms with van der Waals surface area (Å²) in [5.41, 5.74) is 1.20. The Kier molecular flexibility index (Phi) is 7.65. The van der Waals surface area contributed by atoms with Gasteiger partial charge in [-0.25, -0.2) is 18.1 Å². The number of hydrogen-bond donors (Lipinski definition) is 2. The van der Waals surface area contributed by atoms with Crippen LogP contribution in [0, 0.1) is 0 Å². The van der Waals surface area contributed by atoms with Crippen molar-refractivity contribution in [2.45, 2.75) is 11.5 Å². The number of carbonyl (C=O) groups is 1. The van der Waals surface area contributed by atoms with E-state index >= 15 is 0 Å². The predicted octanol–water partition coefficient (Wildman–Crippen LogP) is 2.23. The van der Waals surface area contributed by atoms with Crippen molar-refractivity contribution < 1.29 is 22.7 Å². The van der Waals surface area contributed by atoms with Crippen LogP contribution >= 0.6 is 0 Å². The summed E-state index contributed by atoms with van der Waals surface area (Å²) in [6.07, 6.45) is 4.87. The van der Waals surface area contributed by atoms with E-state index in [9.17, 15) is 13.2 Å². The van der Waals surface area contributed by atoms with Gasteiger partial charge in [0.15, 0.2) is 11.6 Å². The van der Waals surface area contributed by atoms with Crippen LogP contribution < -0.4 is 14.8 Å².